The van der Waals surface area contributed by atoms with Crippen LogP contribution in [0.2, 0.25) is 0 Å². The zero-order valence-electron chi connectivity index (χ0n) is 18.4. The molecule has 0 aliphatic carbocycles. The van der Waals surface area contributed by atoms with Crippen LogP contribution in [0.1, 0.15) is 37.8 Å². The third-order valence-corrected chi connectivity index (χ3v) is 6.78. The van der Waals surface area contributed by atoms with Gasteiger partial charge in [-0.05, 0) is 23.1 Å². The van der Waals surface area contributed by atoms with Crippen molar-refractivity contribution in [2.24, 2.45) is 0 Å². The van der Waals surface area contributed by atoms with Crippen LogP contribution < -0.4 is 5.32 Å². The van der Waals surface area contributed by atoms with Crippen molar-refractivity contribution in [3.8, 4) is 0 Å². The average Bonchev–Trinajstić information content (AvgIpc) is 3.21. The lowest BCUT2D eigenvalue weighted by Gasteiger charge is -2.25. The van der Waals surface area contributed by atoms with Crippen LogP contribution in [0.15, 0.2) is 60.7 Å². The quantitative estimate of drug-likeness (QED) is 0.565. The van der Waals surface area contributed by atoms with Crippen LogP contribution in [0.3, 0.4) is 0 Å². The molecular weight excluding hydrogens is 440 g/mol. The number of benzene rings is 2. The van der Waals surface area contributed by atoms with Crippen molar-refractivity contribution in [3.63, 3.8) is 0 Å². The van der Waals surface area contributed by atoms with Crippen LogP contribution >= 0.6 is 11.3 Å². The molecule has 1 aliphatic heterocycles. The van der Waals surface area contributed by atoms with Gasteiger partial charge in [-0.25, -0.2) is 9.59 Å². The number of carbonyl (C=O) groups is 3. The number of thiophene rings is 1. The van der Waals surface area contributed by atoms with E-state index in [0.717, 1.165) is 21.6 Å². The second-order valence-electron chi connectivity index (χ2n) is 7.58. The van der Waals surface area contributed by atoms with E-state index in [0.29, 0.717) is 30.1 Å². The fourth-order valence-electron chi connectivity index (χ4n) is 4.06. The van der Waals surface area contributed by atoms with Gasteiger partial charge in [0.2, 0.25) is 5.91 Å². The molecule has 0 bridgehead atoms. The average molecular weight is 465 g/mol. The van der Waals surface area contributed by atoms with Gasteiger partial charge < -0.3 is 19.7 Å². The summed E-state index contributed by atoms with van der Waals surface area (Å²) in [7, 11) is 2.66. The van der Waals surface area contributed by atoms with Gasteiger partial charge in [-0.1, -0.05) is 60.7 Å². The molecule has 8 heteroatoms. The van der Waals surface area contributed by atoms with Crippen LogP contribution in [0.25, 0.3) is 0 Å². The smallest absolute Gasteiger partial charge is 0.409 e. The first kappa shape index (κ1) is 22.5. The van der Waals surface area contributed by atoms with Crippen molar-refractivity contribution < 1.29 is 23.9 Å². The van der Waals surface area contributed by atoms with E-state index < -0.39 is 18.0 Å². The summed E-state index contributed by atoms with van der Waals surface area (Å²) in [6.07, 6.45) is 0.0506. The zero-order valence-corrected chi connectivity index (χ0v) is 19.2. The Morgan fingerprint density at radius 2 is 1.55 bits per heavy atom. The van der Waals surface area contributed by atoms with Crippen LogP contribution in [0, 0.1) is 0 Å². The Kier molecular flexibility index (Phi) is 6.74. The van der Waals surface area contributed by atoms with Gasteiger partial charge in [-0.3, -0.25) is 4.79 Å². The molecule has 3 aromatic rings. The van der Waals surface area contributed by atoms with E-state index in [1.165, 1.54) is 25.6 Å². The van der Waals surface area contributed by atoms with E-state index >= 15 is 0 Å². The Labute approximate surface area is 195 Å². The number of methoxy groups -OCH3 is 2. The molecule has 0 fully saturated rings. The highest BCUT2D eigenvalue weighted by atomic mass is 32.1. The number of anilines is 1. The maximum absolute atomic E-state index is 13.6. The molecule has 0 spiro atoms. The minimum absolute atomic E-state index is 0.249. The zero-order chi connectivity index (χ0) is 23.4. The summed E-state index contributed by atoms with van der Waals surface area (Å²) in [4.78, 5) is 40.6. The normalized spacial score (nSPS) is 12.8. The topological polar surface area (TPSA) is 84.9 Å². The molecule has 170 valence electrons. The highest BCUT2D eigenvalue weighted by molar-refractivity contribution is 7.17. The molecule has 1 N–H and O–H groups in total. The van der Waals surface area contributed by atoms with Gasteiger partial charge in [0, 0.05) is 11.4 Å². The van der Waals surface area contributed by atoms with E-state index in [4.69, 9.17) is 9.47 Å². The maximum atomic E-state index is 13.6. The number of nitrogens with zero attached hydrogens (tertiary/aromatic N) is 1. The van der Waals surface area contributed by atoms with Crippen LogP contribution in [-0.4, -0.2) is 43.6 Å². The van der Waals surface area contributed by atoms with E-state index in [1.54, 1.807) is 4.90 Å². The van der Waals surface area contributed by atoms with Crippen molar-refractivity contribution in [1.29, 1.82) is 0 Å². The Balaban J connectivity index is 1.70. The first-order chi connectivity index (χ1) is 16.0. The molecule has 0 saturated heterocycles. The first-order valence-electron chi connectivity index (χ1n) is 10.5. The van der Waals surface area contributed by atoms with Gasteiger partial charge in [0.15, 0.2) is 0 Å². The van der Waals surface area contributed by atoms with Crippen LogP contribution in [-0.2, 0) is 27.2 Å². The fraction of sp³-hybridized carbons (Fsp3) is 0.240. The molecule has 1 aliphatic rings. The SMILES string of the molecule is COC(=O)c1c(NC(=O)C(c2ccccc2)c2ccccc2)sc2c1CCN(C(=O)OC)C2. The minimum Gasteiger partial charge on any atom is -0.465 e. The number of rotatable bonds is 5. The lowest BCUT2D eigenvalue weighted by molar-refractivity contribution is -0.116. The highest BCUT2D eigenvalue weighted by Crippen LogP contribution is 2.39. The lowest BCUT2D eigenvalue weighted by atomic mass is 9.90. The number of nitrogens with one attached hydrogen (secondary N) is 1. The Morgan fingerprint density at radius 1 is 0.939 bits per heavy atom. The van der Waals surface area contributed by atoms with Gasteiger partial charge in [-0.15, -0.1) is 11.3 Å². The Morgan fingerprint density at radius 3 is 2.09 bits per heavy atom. The summed E-state index contributed by atoms with van der Waals surface area (Å²) in [5.41, 5.74) is 2.85. The number of ether oxygens (including phenoxy) is 2. The van der Waals surface area contributed by atoms with E-state index in [2.05, 4.69) is 5.32 Å². The van der Waals surface area contributed by atoms with Crippen LogP contribution in [0.5, 0.6) is 0 Å². The monoisotopic (exact) mass is 464 g/mol. The van der Waals surface area contributed by atoms with Crippen molar-refractivity contribution >= 4 is 34.3 Å². The summed E-state index contributed by atoms with van der Waals surface area (Å²) in [6.45, 7) is 0.734. The molecule has 0 unspecified atom stereocenters. The summed E-state index contributed by atoms with van der Waals surface area (Å²) < 4.78 is 9.85. The van der Waals surface area contributed by atoms with Gasteiger partial charge in [0.25, 0.3) is 0 Å². The summed E-state index contributed by atoms with van der Waals surface area (Å²) >= 11 is 1.29. The number of hydrogen-bond acceptors (Lipinski definition) is 6. The molecule has 0 saturated carbocycles. The third-order valence-electron chi connectivity index (χ3n) is 5.64. The largest absolute Gasteiger partial charge is 0.465 e. The molecule has 0 radical (unpaired) electrons. The van der Waals surface area contributed by atoms with E-state index in [-0.39, 0.29) is 5.91 Å². The number of fused-ring (bicyclic) bond motifs is 1. The van der Waals surface area contributed by atoms with E-state index in [9.17, 15) is 14.4 Å². The van der Waals surface area contributed by atoms with Crippen molar-refractivity contribution in [1.82, 2.24) is 4.90 Å². The fourth-order valence-corrected chi connectivity index (χ4v) is 5.32. The molecule has 33 heavy (non-hydrogen) atoms. The summed E-state index contributed by atoms with van der Waals surface area (Å²) in [5, 5.41) is 3.41. The molecule has 2 aromatic carbocycles. The molecule has 1 aromatic heterocycles. The van der Waals surface area contributed by atoms with Gasteiger partial charge in [-0.2, -0.15) is 0 Å². The summed E-state index contributed by atoms with van der Waals surface area (Å²) in [5.74, 6) is -1.31. The molecule has 2 heterocycles. The number of esters is 1. The summed E-state index contributed by atoms with van der Waals surface area (Å²) in [6, 6.07) is 19.0. The van der Waals surface area contributed by atoms with Crippen LogP contribution in [0.4, 0.5) is 9.80 Å². The van der Waals surface area contributed by atoms with Crippen molar-refractivity contribution in [3.05, 3.63) is 87.8 Å². The second-order valence-corrected chi connectivity index (χ2v) is 8.69. The molecule has 4 rings (SSSR count). The predicted molar refractivity (Wildman–Crippen MR) is 126 cm³/mol. The first-order valence-corrected chi connectivity index (χ1v) is 11.3. The molecular formula is C25H24N2O5S. The van der Waals surface area contributed by atoms with Gasteiger partial charge in [0.05, 0.1) is 32.2 Å². The maximum Gasteiger partial charge on any atom is 0.409 e. The van der Waals surface area contributed by atoms with E-state index in [1.807, 2.05) is 60.7 Å². The van der Waals surface area contributed by atoms with Gasteiger partial charge >= 0.3 is 12.1 Å². The lowest BCUT2D eigenvalue weighted by Crippen LogP contribution is -2.35. The Bertz CT molecular complexity index is 1120. The second kappa shape index (κ2) is 9.87. The highest BCUT2D eigenvalue weighted by Gasteiger charge is 2.32. The molecule has 7 nitrogen and oxygen atoms in total. The predicted octanol–water partition coefficient (Wildman–Crippen LogP) is 4.43. The third kappa shape index (κ3) is 4.61. The number of carbonyl (C=O) groups excluding carboxylic acids is 3. The standard InChI is InChI=1S/C25H24N2O5S/c1-31-24(29)21-18-13-14-27(25(30)32-2)15-19(18)33-23(21)26-22(28)20(16-9-5-3-6-10-16)17-11-7-4-8-12-17/h3-12,20H,13-15H2,1-2H3,(H,26,28). The number of hydrogen-bond donors (Lipinski definition) is 1. The van der Waals surface area contributed by atoms with Gasteiger partial charge in [0.1, 0.15) is 5.00 Å². The Hall–Kier alpha value is -3.65. The number of amides is 2. The minimum atomic E-state index is -0.552. The van der Waals surface area contributed by atoms with Crippen molar-refractivity contribution in [2.75, 3.05) is 26.1 Å². The molecule has 2 amide bonds. The molecule has 0 atom stereocenters. The van der Waals surface area contributed by atoms with Crippen molar-refractivity contribution in [2.45, 2.75) is 18.9 Å².